The minimum atomic E-state index is -0.291. The van der Waals surface area contributed by atoms with Gasteiger partial charge in [-0.15, -0.1) is 0 Å². The van der Waals surface area contributed by atoms with Crippen molar-refractivity contribution >= 4 is 17.4 Å². The number of nitrogens with one attached hydrogen (secondary N) is 2. The van der Waals surface area contributed by atoms with Gasteiger partial charge in [0.25, 0.3) is 0 Å². The number of amides is 2. The number of hydrogen-bond donors (Lipinski definition) is 2. The summed E-state index contributed by atoms with van der Waals surface area (Å²) in [5.41, 5.74) is 3.69. The van der Waals surface area contributed by atoms with Crippen molar-refractivity contribution in [3.05, 3.63) is 60.3 Å². The van der Waals surface area contributed by atoms with Crippen LogP contribution in [0, 0.1) is 6.92 Å². The number of ether oxygens (including phenoxy) is 1. The smallest absolute Gasteiger partial charge is 0.319 e. The summed E-state index contributed by atoms with van der Waals surface area (Å²) >= 11 is 0. The summed E-state index contributed by atoms with van der Waals surface area (Å²) in [5, 5.41) is 10.00. The second-order valence-electron chi connectivity index (χ2n) is 6.80. The molecule has 1 aromatic carbocycles. The van der Waals surface area contributed by atoms with Crippen LogP contribution in [-0.4, -0.2) is 52.1 Å². The molecule has 3 aromatic rings. The Balaban J connectivity index is 1.41. The molecule has 0 bridgehead atoms. The zero-order valence-corrected chi connectivity index (χ0v) is 16.2. The first-order chi connectivity index (χ1) is 14.2. The lowest BCUT2D eigenvalue weighted by Gasteiger charge is -2.29. The quantitative estimate of drug-likeness (QED) is 0.689. The van der Waals surface area contributed by atoms with Crippen molar-refractivity contribution in [3.63, 3.8) is 0 Å². The summed E-state index contributed by atoms with van der Waals surface area (Å²) in [6.45, 7) is 5.36. The number of nitrogens with zero attached hydrogens (tertiary/aromatic N) is 5. The molecule has 9 nitrogen and oxygen atoms in total. The van der Waals surface area contributed by atoms with Crippen molar-refractivity contribution < 1.29 is 9.53 Å². The predicted octanol–water partition coefficient (Wildman–Crippen LogP) is 2.13. The molecule has 0 unspecified atom stereocenters. The molecule has 0 atom stereocenters. The summed E-state index contributed by atoms with van der Waals surface area (Å²) < 4.78 is 7.06. The third-order valence-electron chi connectivity index (χ3n) is 4.66. The summed E-state index contributed by atoms with van der Waals surface area (Å²) in [7, 11) is 0. The molecule has 2 N–H and O–H groups in total. The van der Waals surface area contributed by atoms with Gasteiger partial charge in [-0.25, -0.2) is 19.4 Å². The third kappa shape index (κ3) is 4.69. The summed E-state index contributed by atoms with van der Waals surface area (Å²) in [4.78, 5) is 22.9. The van der Waals surface area contributed by atoms with Crippen molar-refractivity contribution in [2.24, 2.45) is 0 Å². The van der Waals surface area contributed by atoms with Crippen LogP contribution >= 0.6 is 0 Å². The van der Waals surface area contributed by atoms with Crippen LogP contribution < -0.4 is 15.5 Å². The maximum Gasteiger partial charge on any atom is 0.319 e. The molecule has 0 saturated carbocycles. The number of morpholine rings is 1. The number of benzene rings is 1. The zero-order chi connectivity index (χ0) is 20.1. The largest absolute Gasteiger partial charge is 0.378 e. The van der Waals surface area contributed by atoms with Gasteiger partial charge in [0, 0.05) is 19.6 Å². The Morgan fingerprint density at radius 2 is 1.97 bits per heavy atom. The normalized spacial score (nSPS) is 13.9. The Labute approximate surface area is 168 Å². The van der Waals surface area contributed by atoms with Crippen molar-refractivity contribution in [1.82, 2.24) is 25.1 Å². The van der Waals surface area contributed by atoms with E-state index in [0.717, 1.165) is 24.3 Å². The Morgan fingerprint density at radius 1 is 1.17 bits per heavy atom. The van der Waals surface area contributed by atoms with E-state index in [2.05, 4.69) is 30.6 Å². The minimum absolute atomic E-state index is 0.291. The average Bonchev–Trinajstić information content (AvgIpc) is 3.22. The number of urea groups is 1. The highest BCUT2D eigenvalue weighted by atomic mass is 16.5. The standard InChI is InChI=1S/C20H23N7O2/c1-15-2-4-16(5-3-15)10-22-20(28)25-17-11-24-27(13-17)19-18(12-21-14-23-19)26-6-8-29-9-7-26/h2-5,11-14H,6-10H2,1H3,(H2,22,25,28). The fourth-order valence-corrected chi connectivity index (χ4v) is 3.09. The Morgan fingerprint density at radius 3 is 2.76 bits per heavy atom. The molecular formula is C20H23N7O2. The Hall–Kier alpha value is -3.46. The van der Waals surface area contributed by atoms with E-state index < -0.39 is 0 Å². The molecule has 0 radical (unpaired) electrons. The number of anilines is 2. The lowest BCUT2D eigenvalue weighted by atomic mass is 10.1. The van der Waals surface area contributed by atoms with Gasteiger partial charge in [0.1, 0.15) is 12.0 Å². The van der Waals surface area contributed by atoms with Gasteiger partial charge < -0.3 is 20.3 Å². The number of aromatic nitrogens is 4. The van der Waals surface area contributed by atoms with Crippen molar-refractivity contribution in [1.29, 1.82) is 0 Å². The van der Waals surface area contributed by atoms with E-state index in [1.807, 2.05) is 31.2 Å². The molecule has 150 valence electrons. The topological polar surface area (TPSA) is 97.2 Å². The van der Waals surface area contributed by atoms with Crippen molar-refractivity contribution in [2.75, 3.05) is 36.5 Å². The molecule has 9 heteroatoms. The fourth-order valence-electron chi connectivity index (χ4n) is 3.09. The summed E-state index contributed by atoms with van der Waals surface area (Å²) in [6, 6.07) is 7.74. The number of carbonyl (C=O) groups excluding carboxylic acids is 1. The van der Waals surface area contributed by atoms with E-state index in [4.69, 9.17) is 4.74 Å². The highest BCUT2D eigenvalue weighted by Crippen LogP contribution is 2.22. The first kappa shape index (κ1) is 18.9. The van der Waals surface area contributed by atoms with Crippen LogP contribution in [0.3, 0.4) is 0 Å². The second-order valence-corrected chi connectivity index (χ2v) is 6.80. The van der Waals surface area contributed by atoms with Gasteiger partial charge in [-0.05, 0) is 12.5 Å². The molecule has 3 heterocycles. The third-order valence-corrected chi connectivity index (χ3v) is 4.66. The van der Waals surface area contributed by atoms with E-state index in [-0.39, 0.29) is 6.03 Å². The SMILES string of the molecule is Cc1ccc(CNC(=O)Nc2cnn(-c3ncncc3N3CCOCC3)c2)cc1. The summed E-state index contributed by atoms with van der Waals surface area (Å²) in [5.74, 6) is 0.662. The lowest BCUT2D eigenvalue weighted by Crippen LogP contribution is -2.37. The van der Waals surface area contributed by atoms with Crippen LogP contribution in [-0.2, 0) is 11.3 Å². The molecule has 1 saturated heterocycles. The van der Waals surface area contributed by atoms with E-state index in [1.54, 1.807) is 23.3 Å². The highest BCUT2D eigenvalue weighted by Gasteiger charge is 2.18. The molecule has 1 aliphatic rings. The number of aryl methyl sites for hydroxylation is 1. The van der Waals surface area contributed by atoms with Gasteiger partial charge in [0.05, 0.1) is 37.5 Å². The lowest BCUT2D eigenvalue weighted by molar-refractivity contribution is 0.122. The molecule has 4 rings (SSSR count). The van der Waals surface area contributed by atoms with Gasteiger partial charge in [0.15, 0.2) is 5.82 Å². The van der Waals surface area contributed by atoms with Crippen molar-refractivity contribution in [3.8, 4) is 5.82 Å². The molecule has 1 fully saturated rings. The van der Waals surface area contributed by atoms with Gasteiger partial charge >= 0.3 is 6.03 Å². The van der Waals surface area contributed by atoms with Crippen LogP contribution in [0.2, 0.25) is 0 Å². The van der Waals surface area contributed by atoms with Gasteiger partial charge in [-0.2, -0.15) is 5.10 Å². The van der Waals surface area contributed by atoms with E-state index in [0.29, 0.717) is 31.3 Å². The zero-order valence-electron chi connectivity index (χ0n) is 16.2. The van der Waals surface area contributed by atoms with Crippen molar-refractivity contribution in [2.45, 2.75) is 13.5 Å². The molecule has 2 aromatic heterocycles. The van der Waals surface area contributed by atoms with E-state index in [9.17, 15) is 4.79 Å². The minimum Gasteiger partial charge on any atom is -0.378 e. The van der Waals surface area contributed by atoms with Crippen LogP contribution in [0.4, 0.5) is 16.2 Å². The molecule has 29 heavy (non-hydrogen) atoms. The molecular weight excluding hydrogens is 370 g/mol. The fraction of sp³-hybridized carbons (Fsp3) is 0.300. The number of hydrogen-bond acceptors (Lipinski definition) is 6. The maximum absolute atomic E-state index is 12.2. The summed E-state index contributed by atoms with van der Waals surface area (Å²) in [6.07, 6.45) is 6.59. The predicted molar refractivity (Wildman–Crippen MR) is 109 cm³/mol. The molecule has 0 aliphatic carbocycles. The van der Waals surface area contributed by atoms with E-state index >= 15 is 0 Å². The van der Waals surface area contributed by atoms with E-state index in [1.165, 1.54) is 11.9 Å². The average molecular weight is 393 g/mol. The first-order valence-electron chi connectivity index (χ1n) is 9.47. The van der Waals surface area contributed by atoms with Crippen LogP contribution in [0.1, 0.15) is 11.1 Å². The Kier molecular flexibility index (Phi) is 5.66. The van der Waals surface area contributed by atoms with Gasteiger partial charge in [0.2, 0.25) is 0 Å². The van der Waals surface area contributed by atoms with Crippen LogP contribution in [0.5, 0.6) is 0 Å². The number of rotatable bonds is 5. The molecule has 2 amide bonds. The first-order valence-corrected chi connectivity index (χ1v) is 9.47. The molecule has 0 spiro atoms. The number of carbonyl (C=O) groups is 1. The highest BCUT2D eigenvalue weighted by molar-refractivity contribution is 5.88. The second kappa shape index (κ2) is 8.70. The Bertz CT molecular complexity index is 965. The molecule has 1 aliphatic heterocycles. The van der Waals surface area contributed by atoms with Crippen LogP contribution in [0.25, 0.3) is 5.82 Å². The van der Waals surface area contributed by atoms with Gasteiger partial charge in [-0.1, -0.05) is 29.8 Å². The monoisotopic (exact) mass is 393 g/mol. The van der Waals surface area contributed by atoms with Gasteiger partial charge in [-0.3, -0.25) is 0 Å². The maximum atomic E-state index is 12.2. The van der Waals surface area contributed by atoms with Crippen LogP contribution in [0.15, 0.2) is 49.2 Å².